The lowest BCUT2D eigenvalue weighted by Crippen LogP contribution is -2.44. The number of carbonyl (C=O) groups excluding carboxylic acids is 1. The molecule has 1 aliphatic heterocycles. The van der Waals surface area contributed by atoms with Gasteiger partial charge in [0, 0.05) is 44.8 Å². The lowest BCUT2D eigenvalue weighted by atomic mass is 10.0. The first-order chi connectivity index (χ1) is 15.8. The molecule has 8 nitrogen and oxygen atoms in total. The van der Waals surface area contributed by atoms with Gasteiger partial charge in [-0.25, -0.2) is 0 Å². The van der Waals surface area contributed by atoms with Crippen LogP contribution in [0.5, 0.6) is 5.75 Å². The van der Waals surface area contributed by atoms with E-state index < -0.39 is 5.91 Å². The van der Waals surface area contributed by atoms with E-state index in [1.807, 2.05) is 26.0 Å². The van der Waals surface area contributed by atoms with Crippen LogP contribution in [0.3, 0.4) is 0 Å². The number of nitrogens with zero attached hydrogens (tertiary/aromatic N) is 3. The molecule has 33 heavy (non-hydrogen) atoms. The Bertz CT molecular complexity index is 1110. The molecule has 0 aliphatic carbocycles. The average molecular weight is 449 g/mol. The maximum absolute atomic E-state index is 12.2. The molecule has 1 amide bonds. The number of aromatic amines is 1. The fourth-order valence-electron chi connectivity index (χ4n) is 4.33. The molecule has 1 saturated heterocycles. The topological polar surface area (TPSA) is 111 Å². The van der Waals surface area contributed by atoms with Crippen molar-refractivity contribution in [1.82, 2.24) is 15.1 Å². The number of carbonyl (C=O) groups is 1. The highest BCUT2D eigenvalue weighted by Gasteiger charge is 2.19. The van der Waals surface area contributed by atoms with E-state index in [2.05, 4.69) is 56.6 Å². The van der Waals surface area contributed by atoms with E-state index in [9.17, 15) is 9.90 Å². The molecule has 8 heteroatoms. The Morgan fingerprint density at radius 2 is 1.73 bits per heavy atom. The third-order valence-electron chi connectivity index (χ3n) is 6.28. The SMILES string of the molecule is Cc1cc(CNc2n[nH]c(Cc3ccc(N4CCN(C)CC4)cc3)c2C(N)=O)cc(C)c1O. The molecule has 0 spiro atoms. The summed E-state index contributed by atoms with van der Waals surface area (Å²) in [7, 11) is 2.15. The van der Waals surface area contributed by atoms with E-state index in [1.54, 1.807) is 0 Å². The van der Waals surface area contributed by atoms with Crippen molar-refractivity contribution in [1.29, 1.82) is 0 Å². The molecule has 0 unspecified atom stereocenters. The van der Waals surface area contributed by atoms with Gasteiger partial charge in [0.25, 0.3) is 5.91 Å². The van der Waals surface area contributed by atoms with Crippen molar-refractivity contribution in [3.63, 3.8) is 0 Å². The fourth-order valence-corrected chi connectivity index (χ4v) is 4.33. The van der Waals surface area contributed by atoms with Gasteiger partial charge in [-0.05, 0) is 55.3 Å². The molecule has 4 rings (SSSR count). The van der Waals surface area contributed by atoms with Crippen LogP contribution in [-0.2, 0) is 13.0 Å². The number of H-pyrrole nitrogens is 1. The van der Waals surface area contributed by atoms with Crippen LogP contribution >= 0.6 is 0 Å². The summed E-state index contributed by atoms with van der Waals surface area (Å²) in [6, 6.07) is 12.3. The minimum absolute atomic E-state index is 0.303. The minimum Gasteiger partial charge on any atom is -0.507 e. The fraction of sp³-hybridized carbons (Fsp3) is 0.360. The maximum Gasteiger partial charge on any atom is 0.254 e. The van der Waals surface area contributed by atoms with Crippen LogP contribution in [0.25, 0.3) is 0 Å². The van der Waals surface area contributed by atoms with Crippen LogP contribution in [0, 0.1) is 13.8 Å². The molecule has 0 radical (unpaired) electrons. The Kier molecular flexibility index (Phi) is 6.55. The van der Waals surface area contributed by atoms with Crippen LogP contribution in [0.15, 0.2) is 36.4 Å². The lowest BCUT2D eigenvalue weighted by molar-refractivity contribution is 0.100. The molecule has 5 N–H and O–H groups in total. The molecule has 2 heterocycles. The average Bonchev–Trinajstić information content (AvgIpc) is 3.19. The van der Waals surface area contributed by atoms with E-state index in [0.717, 1.165) is 48.4 Å². The summed E-state index contributed by atoms with van der Waals surface area (Å²) < 4.78 is 0. The number of phenols is 1. The van der Waals surface area contributed by atoms with Crippen LogP contribution < -0.4 is 16.0 Å². The molecule has 0 bridgehead atoms. The Morgan fingerprint density at radius 3 is 2.33 bits per heavy atom. The molecule has 174 valence electrons. The first-order valence-electron chi connectivity index (χ1n) is 11.2. The Hall–Kier alpha value is -3.52. The van der Waals surface area contributed by atoms with Gasteiger partial charge < -0.3 is 26.0 Å². The molecule has 3 aromatic rings. The van der Waals surface area contributed by atoms with Crippen molar-refractivity contribution in [2.24, 2.45) is 5.73 Å². The predicted octanol–water partition coefficient (Wildman–Crippen LogP) is 2.79. The maximum atomic E-state index is 12.2. The number of amides is 1. The van der Waals surface area contributed by atoms with Gasteiger partial charge in [-0.1, -0.05) is 24.3 Å². The zero-order valence-corrected chi connectivity index (χ0v) is 19.5. The molecule has 2 aromatic carbocycles. The number of piperazine rings is 1. The Labute approximate surface area is 194 Å². The van der Waals surface area contributed by atoms with E-state index >= 15 is 0 Å². The van der Waals surface area contributed by atoms with Gasteiger partial charge in [-0.2, -0.15) is 5.10 Å². The van der Waals surface area contributed by atoms with Crippen LogP contribution in [0.1, 0.15) is 38.3 Å². The van der Waals surface area contributed by atoms with Gasteiger partial charge in [0.05, 0.1) is 5.69 Å². The molecule has 0 saturated carbocycles. The summed E-state index contributed by atoms with van der Waals surface area (Å²) in [4.78, 5) is 17.0. The lowest BCUT2D eigenvalue weighted by Gasteiger charge is -2.34. The van der Waals surface area contributed by atoms with Gasteiger partial charge in [-0.3, -0.25) is 9.89 Å². The summed E-state index contributed by atoms with van der Waals surface area (Å²) in [5.41, 5.74) is 11.7. The minimum atomic E-state index is -0.520. The second-order valence-electron chi connectivity index (χ2n) is 8.86. The number of benzene rings is 2. The van der Waals surface area contributed by atoms with Crippen molar-refractivity contribution in [2.45, 2.75) is 26.8 Å². The van der Waals surface area contributed by atoms with E-state index in [0.29, 0.717) is 35.8 Å². The molecular formula is C25H32N6O2. The number of primary amides is 1. The summed E-state index contributed by atoms with van der Waals surface area (Å²) in [6.07, 6.45) is 0.535. The largest absolute Gasteiger partial charge is 0.507 e. The Morgan fingerprint density at radius 1 is 1.09 bits per heavy atom. The van der Waals surface area contributed by atoms with Crippen molar-refractivity contribution >= 4 is 17.4 Å². The number of nitrogens with two attached hydrogens (primary N) is 1. The van der Waals surface area contributed by atoms with Crippen LogP contribution in [0.2, 0.25) is 0 Å². The number of likely N-dealkylation sites (N-methyl/N-ethyl adjacent to an activating group) is 1. The second kappa shape index (κ2) is 9.54. The third-order valence-corrected chi connectivity index (χ3v) is 6.28. The number of aromatic hydroxyl groups is 1. The first-order valence-corrected chi connectivity index (χ1v) is 11.2. The van der Waals surface area contributed by atoms with Crippen LogP contribution in [0.4, 0.5) is 11.5 Å². The van der Waals surface area contributed by atoms with Crippen molar-refractivity contribution in [2.75, 3.05) is 43.4 Å². The molecule has 0 atom stereocenters. The molecule has 1 fully saturated rings. The Balaban J connectivity index is 1.46. The number of nitrogens with one attached hydrogen (secondary N) is 2. The van der Waals surface area contributed by atoms with Crippen molar-refractivity contribution in [3.8, 4) is 5.75 Å². The van der Waals surface area contributed by atoms with Crippen molar-refractivity contribution in [3.05, 3.63) is 69.9 Å². The smallest absolute Gasteiger partial charge is 0.254 e. The third kappa shape index (κ3) is 5.12. The van der Waals surface area contributed by atoms with E-state index in [4.69, 9.17) is 5.73 Å². The number of hydrogen-bond acceptors (Lipinski definition) is 6. The number of rotatable bonds is 7. The van der Waals surface area contributed by atoms with E-state index in [-0.39, 0.29) is 0 Å². The van der Waals surface area contributed by atoms with Gasteiger partial charge >= 0.3 is 0 Å². The summed E-state index contributed by atoms with van der Waals surface area (Å²) in [6.45, 7) is 8.37. The van der Waals surface area contributed by atoms with Crippen LogP contribution in [-0.4, -0.2) is 59.3 Å². The van der Waals surface area contributed by atoms with Crippen molar-refractivity contribution < 1.29 is 9.90 Å². The molecular weight excluding hydrogens is 416 g/mol. The number of phenolic OH excluding ortho intramolecular Hbond substituents is 1. The van der Waals surface area contributed by atoms with Gasteiger partial charge in [-0.15, -0.1) is 0 Å². The molecule has 1 aliphatic rings. The van der Waals surface area contributed by atoms with Gasteiger partial charge in [0.2, 0.25) is 0 Å². The summed E-state index contributed by atoms with van der Waals surface area (Å²) in [5.74, 6) is 0.223. The monoisotopic (exact) mass is 448 g/mol. The normalized spacial score (nSPS) is 14.5. The summed E-state index contributed by atoms with van der Waals surface area (Å²) >= 11 is 0. The summed E-state index contributed by atoms with van der Waals surface area (Å²) in [5, 5.41) is 20.5. The highest BCUT2D eigenvalue weighted by Crippen LogP contribution is 2.25. The standard InChI is InChI=1S/C25H32N6O2/c1-16-12-19(13-17(2)23(16)32)15-27-25-22(24(26)33)21(28-29-25)14-18-4-6-20(7-5-18)31-10-8-30(3)9-11-31/h4-7,12-13,32H,8-11,14-15H2,1-3H3,(H2,26,33)(H2,27,28,29). The quantitative estimate of drug-likeness (QED) is 0.442. The number of aryl methyl sites for hydroxylation is 2. The zero-order chi connectivity index (χ0) is 23.5. The predicted molar refractivity (Wildman–Crippen MR) is 131 cm³/mol. The molecule has 1 aromatic heterocycles. The highest BCUT2D eigenvalue weighted by atomic mass is 16.3. The highest BCUT2D eigenvalue weighted by molar-refractivity contribution is 5.99. The number of hydrogen-bond donors (Lipinski definition) is 4. The first kappa shape index (κ1) is 22.7. The van der Waals surface area contributed by atoms with Gasteiger partial charge in [0.1, 0.15) is 11.3 Å². The second-order valence-corrected chi connectivity index (χ2v) is 8.86. The van der Waals surface area contributed by atoms with E-state index in [1.165, 1.54) is 5.69 Å². The van der Waals surface area contributed by atoms with Gasteiger partial charge in [0.15, 0.2) is 5.82 Å². The zero-order valence-electron chi connectivity index (χ0n) is 19.5. The number of aromatic nitrogens is 2. The number of anilines is 2.